The van der Waals surface area contributed by atoms with Crippen LogP contribution in [0, 0.1) is 24.7 Å². The molecule has 0 N–H and O–H groups in total. The van der Waals surface area contributed by atoms with Gasteiger partial charge in [-0.3, -0.25) is 0 Å². The van der Waals surface area contributed by atoms with E-state index in [1.165, 1.54) is 31.2 Å². The Hall–Kier alpha value is -2.12. The van der Waals surface area contributed by atoms with Gasteiger partial charge >= 0.3 is 0 Å². The fourth-order valence-electron chi connectivity index (χ4n) is 3.11. The highest BCUT2D eigenvalue weighted by Gasteiger charge is 2.18. The molecule has 1 saturated heterocycles. The van der Waals surface area contributed by atoms with Gasteiger partial charge in [-0.15, -0.1) is 5.10 Å². The molecule has 1 saturated carbocycles. The largest absolute Gasteiger partial charge is 0.376 e. The normalized spacial score (nSPS) is 20.5. The molecule has 0 bridgehead atoms. The van der Waals surface area contributed by atoms with Gasteiger partial charge in [0.1, 0.15) is 5.69 Å². The first-order chi connectivity index (χ1) is 11.8. The summed E-state index contributed by atoms with van der Waals surface area (Å²) in [5.74, 6) is 7.22. The van der Waals surface area contributed by atoms with Gasteiger partial charge in [-0.2, -0.15) is 0 Å². The predicted octanol–water partition coefficient (Wildman–Crippen LogP) is 3.58. The van der Waals surface area contributed by atoms with Crippen LogP contribution in [0.3, 0.4) is 0 Å². The Morgan fingerprint density at radius 3 is 2.92 bits per heavy atom. The summed E-state index contributed by atoms with van der Waals surface area (Å²) in [6.07, 6.45) is 8.35. The standard InChI is InChI=1S/C20H23N3O/c1-15-12-17(8-7-16-5-6-16)9-10-19(15)20-14-23(22-21-20)13-18-4-2-3-11-24-18/h9-10,12,14,16,18H,2-6,11,13H2,1H3. The highest BCUT2D eigenvalue weighted by molar-refractivity contribution is 5.64. The molecule has 0 radical (unpaired) electrons. The van der Waals surface area contributed by atoms with Crippen molar-refractivity contribution in [3.05, 3.63) is 35.5 Å². The minimum atomic E-state index is 0.273. The summed E-state index contributed by atoms with van der Waals surface area (Å²) in [7, 11) is 0. The van der Waals surface area contributed by atoms with Crippen LogP contribution in [-0.2, 0) is 11.3 Å². The summed E-state index contributed by atoms with van der Waals surface area (Å²) in [6.45, 7) is 3.77. The highest BCUT2D eigenvalue weighted by atomic mass is 16.5. The molecule has 0 amide bonds. The van der Waals surface area contributed by atoms with E-state index in [-0.39, 0.29) is 6.10 Å². The molecule has 1 unspecified atom stereocenters. The zero-order chi connectivity index (χ0) is 16.4. The topological polar surface area (TPSA) is 39.9 Å². The molecule has 1 aromatic heterocycles. The molecule has 2 heterocycles. The van der Waals surface area contributed by atoms with Crippen molar-refractivity contribution in [3.8, 4) is 23.1 Å². The molecule has 124 valence electrons. The van der Waals surface area contributed by atoms with Crippen molar-refractivity contribution >= 4 is 0 Å². The van der Waals surface area contributed by atoms with E-state index >= 15 is 0 Å². The highest BCUT2D eigenvalue weighted by Crippen LogP contribution is 2.28. The number of ether oxygens (including phenoxy) is 1. The molecule has 2 aromatic rings. The molecule has 2 fully saturated rings. The van der Waals surface area contributed by atoms with Crippen LogP contribution in [0.15, 0.2) is 24.4 Å². The van der Waals surface area contributed by atoms with E-state index in [1.54, 1.807) is 0 Å². The van der Waals surface area contributed by atoms with Crippen LogP contribution in [0.5, 0.6) is 0 Å². The lowest BCUT2D eigenvalue weighted by Gasteiger charge is -2.21. The average Bonchev–Trinajstić information content (AvgIpc) is 3.32. The van der Waals surface area contributed by atoms with Crippen LogP contribution < -0.4 is 0 Å². The summed E-state index contributed by atoms with van der Waals surface area (Å²) >= 11 is 0. The monoisotopic (exact) mass is 321 g/mol. The van der Waals surface area contributed by atoms with Gasteiger partial charge in [-0.25, -0.2) is 4.68 Å². The van der Waals surface area contributed by atoms with Gasteiger partial charge in [-0.1, -0.05) is 23.1 Å². The van der Waals surface area contributed by atoms with Crippen molar-refractivity contribution in [2.24, 2.45) is 5.92 Å². The van der Waals surface area contributed by atoms with E-state index in [1.807, 2.05) is 10.9 Å². The molecule has 4 nitrogen and oxygen atoms in total. The molecule has 4 heteroatoms. The lowest BCUT2D eigenvalue weighted by molar-refractivity contribution is 0.00370. The van der Waals surface area contributed by atoms with Crippen molar-refractivity contribution in [2.75, 3.05) is 6.61 Å². The van der Waals surface area contributed by atoms with E-state index in [4.69, 9.17) is 4.74 Å². The molecular formula is C20H23N3O. The van der Waals surface area contributed by atoms with Crippen molar-refractivity contribution in [1.29, 1.82) is 0 Å². The number of benzene rings is 1. The third-order valence-electron chi connectivity index (χ3n) is 4.70. The summed E-state index contributed by atoms with van der Waals surface area (Å²) in [4.78, 5) is 0. The first-order valence-corrected chi connectivity index (χ1v) is 8.92. The third kappa shape index (κ3) is 3.68. The van der Waals surface area contributed by atoms with Crippen LogP contribution in [-0.4, -0.2) is 27.7 Å². The number of aromatic nitrogens is 3. The Labute approximate surface area is 143 Å². The maximum Gasteiger partial charge on any atom is 0.113 e. The van der Waals surface area contributed by atoms with Crippen LogP contribution in [0.1, 0.15) is 43.2 Å². The van der Waals surface area contributed by atoms with E-state index in [0.717, 1.165) is 36.4 Å². The number of nitrogens with zero attached hydrogens (tertiary/aromatic N) is 3. The molecular weight excluding hydrogens is 298 g/mol. The predicted molar refractivity (Wildman–Crippen MR) is 93.4 cm³/mol. The van der Waals surface area contributed by atoms with Crippen LogP contribution in [0.4, 0.5) is 0 Å². The summed E-state index contributed by atoms with van der Waals surface area (Å²) in [5, 5.41) is 8.62. The molecule has 2 aliphatic rings. The Morgan fingerprint density at radius 1 is 1.25 bits per heavy atom. The Bertz CT molecular complexity index is 774. The number of hydrogen-bond acceptors (Lipinski definition) is 3. The van der Waals surface area contributed by atoms with Crippen molar-refractivity contribution in [3.63, 3.8) is 0 Å². The second-order valence-corrected chi connectivity index (χ2v) is 6.89. The van der Waals surface area contributed by atoms with Crippen molar-refractivity contribution < 1.29 is 4.74 Å². The number of rotatable bonds is 3. The molecule has 1 atom stereocenters. The second-order valence-electron chi connectivity index (χ2n) is 6.89. The Morgan fingerprint density at radius 2 is 2.17 bits per heavy atom. The van der Waals surface area contributed by atoms with E-state index in [2.05, 4.69) is 47.3 Å². The fraction of sp³-hybridized carbons (Fsp3) is 0.500. The summed E-state index contributed by atoms with van der Waals surface area (Å²) in [6, 6.07) is 6.34. The molecule has 1 aromatic carbocycles. The van der Waals surface area contributed by atoms with Gasteiger partial charge in [0.25, 0.3) is 0 Å². The molecule has 4 rings (SSSR count). The fourth-order valence-corrected chi connectivity index (χ4v) is 3.11. The van der Waals surface area contributed by atoms with E-state index in [0.29, 0.717) is 5.92 Å². The van der Waals surface area contributed by atoms with Crippen molar-refractivity contribution in [2.45, 2.75) is 51.7 Å². The average molecular weight is 321 g/mol. The maximum absolute atomic E-state index is 5.78. The zero-order valence-electron chi connectivity index (χ0n) is 14.2. The third-order valence-corrected chi connectivity index (χ3v) is 4.70. The number of aryl methyl sites for hydroxylation is 1. The van der Waals surface area contributed by atoms with Gasteiger partial charge in [0.15, 0.2) is 0 Å². The van der Waals surface area contributed by atoms with E-state index < -0.39 is 0 Å². The van der Waals surface area contributed by atoms with Crippen LogP contribution in [0.25, 0.3) is 11.3 Å². The van der Waals surface area contributed by atoms with E-state index in [9.17, 15) is 0 Å². The van der Waals surface area contributed by atoms with Gasteiger partial charge in [0.05, 0.1) is 18.8 Å². The second kappa shape index (κ2) is 6.78. The maximum atomic E-state index is 5.78. The molecule has 1 aliphatic heterocycles. The number of hydrogen-bond donors (Lipinski definition) is 0. The van der Waals surface area contributed by atoms with Gasteiger partial charge in [0, 0.05) is 23.7 Å². The lowest BCUT2D eigenvalue weighted by atomic mass is 10.0. The Balaban J connectivity index is 1.48. The van der Waals surface area contributed by atoms with Gasteiger partial charge < -0.3 is 4.74 Å². The zero-order valence-corrected chi connectivity index (χ0v) is 14.2. The van der Waals surface area contributed by atoms with Gasteiger partial charge in [0.2, 0.25) is 0 Å². The SMILES string of the molecule is Cc1cc(C#CC2CC2)ccc1-c1cn(CC2CCCCO2)nn1. The first kappa shape index (κ1) is 15.4. The molecule has 24 heavy (non-hydrogen) atoms. The first-order valence-electron chi connectivity index (χ1n) is 8.92. The minimum Gasteiger partial charge on any atom is -0.376 e. The van der Waals surface area contributed by atoms with Crippen LogP contribution >= 0.6 is 0 Å². The summed E-state index contributed by atoms with van der Waals surface area (Å²) < 4.78 is 7.69. The minimum absolute atomic E-state index is 0.273. The summed E-state index contributed by atoms with van der Waals surface area (Å²) in [5.41, 5.74) is 4.33. The molecule has 1 aliphatic carbocycles. The van der Waals surface area contributed by atoms with Crippen LogP contribution in [0.2, 0.25) is 0 Å². The Kier molecular flexibility index (Phi) is 4.36. The lowest BCUT2D eigenvalue weighted by Crippen LogP contribution is -2.24. The van der Waals surface area contributed by atoms with Gasteiger partial charge in [-0.05, 0) is 56.7 Å². The quantitative estimate of drug-likeness (QED) is 0.811. The molecule has 0 spiro atoms. The van der Waals surface area contributed by atoms with Crippen molar-refractivity contribution in [1.82, 2.24) is 15.0 Å². The smallest absolute Gasteiger partial charge is 0.113 e.